The summed E-state index contributed by atoms with van der Waals surface area (Å²) in [5.74, 6) is 5.68. The van der Waals surface area contributed by atoms with Crippen molar-refractivity contribution >= 4 is 0 Å². The highest BCUT2D eigenvalue weighted by Gasteiger charge is 2.43. The summed E-state index contributed by atoms with van der Waals surface area (Å²) >= 11 is 0. The van der Waals surface area contributed by atoms with Crippen LogP contribution in [0.1, 0.15) is 33.1 Å². The van der Waals surface area contributed by atoms with E-state index in [2.05, 4.69) is 18.8 Å². The maximum Gasteiger partial charge on any atom is 0.0702 e. The summed E-state index contributed by atoms with van der Waals surface area (Å²) in [6.45, 7) is 3.93. The molecule has 0 saturated heterocycles. The van der Waals surface area contributed by atoms with Crippen LogP contribution in [0.15, 0.2) is 0 Å². The van der Waals surface area contributed by atoms with E-state index in [1.54, 1.807) is 0 Å². The zero-order valence-corrected chi connectivity index (χ0v) is 6.65. The Bertz CT molecular complexity index is 169. The Morgan fingerprint density at radius 2 is 2.20 bits per heavy atom. The molecule has 1 nitrogen and oxygen atoms in total. The molecular formula is C9H14O. The van der Waals surface area contributed by atoms with Crippen LogP contribution in [0, 0.1) is 17.3 Å². The van der Waals surface area contributed by atoms with Crippen molar-refractivity contribution in [2.45, 2.75) is 39.2 Å². The van der Waals surface area contributed by atoms with Gasteiger partial charge in [-0.25, -0.2) is 0 Å². The molecule has 0 amide bonds. The molecule has 0 aromatic heterocycles. The Labute approximate surface area is 62.4 Å². The van der Waals surface area contributed by atoms with Crippen molar-refractivity contribution in [3.8, 4) is 11.8 Å². The highest BCUT2D eigenvalue weighted by atomic mass is 16.3. The third kappa shape index (κ3) is 1.52. The molecule has 1 rings (SSSR count). The topological polar surface area (TPSA) is 20.2 Å². The molecule has 0 heterocycles. The van der Waals surface area contributed by atoms with Gasteiger partial charge in [-0.2, -0.15) is 0 Å². The summed E-state index contributed by atoms with van der Waals surface area (Å²) in [4.78, 5) is 0. The van der Waals surface area contributed by atoms with Gasteiger partial charge in [-0.1, -0.05) is 6.92 Å². The second kappa shape index (κ2) is 2.64. The molecule has 0 spiro atoms. The van der Waals surface area contributed by atoms with Crippen LogP contribution in [0.5, 0.6) is 0 Å². The predicted molar refractivity (Wildman–Crippen MR) is 41.4 cm³/mol. The van der Waals surface area contributed by atoms with E-state index >= 15 is 0 Å². The Kier molecular flexibility index (Phi) is 2.01. The lowest BCUT2D eigenvalue weighted by Gasteiger charge is -2.13. The van der Waals surface area contributed by atoms with E-state index in [1.165, 1.54) is 12.8 Å². The molecule has 0 aromatic carbocycles. The van der Waals surface area contributed by atoms with Gasteiger partial charge in [0.15, 0.2) is 0 Å². The largest absolute Gasteiger partial charge is 0.392 e. The molecule has 1 unspecified atom stereocenters. The van der Waals surface area contributed by atoms with Gasteiger partial charge in [-0.05, 0) is 25.2 Å². The summed E-state index contributed by atoms with van der Waals surface area (Å²) in [6, 6.07) is 0. The maximum absolute atomic E-state index is 9.48. The lowest BCUT2D eigenvalue weighted by atomic mass is 10.00. The normalized spacial score (nSPS) is 22.7. The molecule has 1 saturated carbocycles. The predicted octanol–water partition coefficient (Wildman–Crippen LogP) is 1.56. The van der Waals surface area contributed by atoms with Gasteiger partial charge in [-0.3, -0.25) is 0 Å². The average molecular weight is 138 g/mol. The molecule has 56 valence electrons. The van der Waals surface area contributed by atoms with Crippen molar-refractivity contribution in [2.24, 2.45) is 5.41 Å². The van der Waals surface area contributed by atoms with Crippen LogP contribution in [-0.4, -0.2) is 11.2 Å². The molecule has 1 aliphatic carbocycles. The minimum atomic E-state index is -0.194. The van der Waals surface area contributed by atoms with Crippen molar-refractivity contribution in [3.63, 3.8) is 0 Å². The van der Waals surface area contributed by atoms with E-state index in [1.807, 2.05) is 6.92 Å². The molecule has 1 atom stereocenters. The van der Waals surface area contributed by atoms with Crippen LogP contribution in [-0.2, 0) is 0 Å². The van der Waals surface area contributed by atoms with Gasteiger partial charge in [0, 0.05) is 6.42 Å². The van der Waals surface area contributed by atoms with Gasteiger partial charge < -0.3 is 5.11 Å². The van der Waals surface area contributed by atoms with Crippen LogP contribution in [0.4, 0.5) is 0 Å². The van der Waals surface area contributed by atoms with Gasteiger partial charge in [0.05, 0.1) is 6.10 Å². The summed E-state index contributed by atoms with van der Waals surface area (Å²) in [7, 11) is 0. The van der Waals surface area contributed by atoms with Gasteiger partial charge in [-0.15, -0.1) is 11.8 Å². The van der Waals surface area contributed by atoms with E-state index in [4.69, 9.17) is 0 Å². The van der Waals surface area contributed by atoms with Gasteiger partial charge >= 0.3 is 0 Å². The third-order valence-electron chi connectivity index (χ3n) is 2.32. The number of aliphatic hydroxyl groups is 1. The van der Waals surface area contributed by atoms with E-state index in [0.29, 0.717) is 6.42 Å². The Balaban J connectivity index is 2.32. The van der Waals surface area contributed by atoms with Crippen LogP contribution in [0.2, 0.25) is 0 Å². The first-order valence-electron chi connectivity index (χ1n) is 3.77. The van der Waals surface area contributed by atoms with Crippen LogP contribution in [0.3, 0.4) is 0 Å². The van der Waals surface area contributed by atoms with Crippen molar-refractivity contribution in [2.75, 3.05) is 0 Å². The molecule has 0 aliphatic heterocycles. The van der Waals surface area contributed by atoms with Gasteiger partial charge in [0.1, 0.15) is 0 Å². The van der Waals surface area contributed by atoms with Crippen molar-refractivity contribution in [1.82, 2.24) is 0 Å². The van der Waals surface area contributed by atoms with Crippen LogP contribution < -0.4 is 0 Å². The summed E-state index contributed by atoms with van der Waals surface area (Å²) in [5.41, 5.74) is 0.212. The summed E-state index contributed by atoms with van der Waals surface area (Å²) in [5, 5.41) is 9.48. The lowest BCUT2D eigenvalue weighted by molar-refractivity contribution is 0.108. The zero-order valence-electron chi connectivity index (χ0n) is 6.65. The molecule has 0 bridgehead atoms. The molecule has 1 fully saturated rings. The lowest BCUT2D eigenvalue weighted by Crippen LogP contribution is -2.17. The molecule has 1 N–H and O–H groups in total. The van der Waals surface area contributed by atoms with E-state index in [-0.39, 0.29) is 11.5 Å². The van der Waals surface area contributed by atoms with Crippen molar-refractivity contribution in [3.05, 3.63) is 0 Å². The minimum Gasteiger partial charge on any atom is -0.392 e. The first kappa shape index (κ1) is 7.63. The second-order valence-corrected chi connectivity index (χ2v) is 3.30. The van der Waals surface area contributed by atoms with Crippen molar-refractivity contribution in [1.29, 1.82) is 0 Å². The maximum atomic E-state index is 9.48. The highest BCUT2D eigenvalue weighted by Crippen LogP contribution is 2.48. The van der Waals surface area contributed by atoms with Crippen LogP contribution >= 0.6 is 0 Å². The van der Waals surface area contributed by atoms with E-state index in [9.17, 15) is 5.11 Å². The first-order valence-corrected chi connectivity index (χ1v) is 3.77. The first-order chi connectivity index (χ1) is 4.69. The quantitative estimate of drug-likeness (QED) is 0.574. The fourth-order valence-corrected chi connectivity index (χ4v) is 0.976. The second-order valence-electron chi connectivity index (χ2n) is 3.30. The van der Waals surface area contributed by atoms with Crippen LogP contribution in [0.25, 0.3) is 0 Å². The van der Waals surface area contributed by atoms with Gasteiger partial charge in [0.25, 0.3) is 0 Å². The minimum absolute atomic E-state index is 0.194. The Hall–Kier alpha value is -0.480. The van der Waals surface area contributed by atoms with Gasteiger partial charge in [0.2, 0.25) is 0 Å². The SMILES string of the molecule is CC#CCC(O)C1(C)CC1. The fourth-order valence-electron chi connectivity index (χ4n) is 0.976. The number of aliphatic hydroxyl groups excluding tert-OH is 1. The molecule has 10 heavy (non-hydrogen) atoms. The zero-order chi connectivity index (χ0) is 7.61. The highest BCUT2D eigenvalue weighted by molar-refractivity contribution is 5.03. The third-order valence-corrected chi connectivity index (χ3v) is 2.32. The standard InChI is InChI=1S/C9H14O/c1-3-4-5-8(10)9(2)6-7-9/h8,10H,5-7H2,1-2H3. The Morgan fingerprint density at radius 3 is 2.60 bits per heavy atom. The fraction of sp³-hybridized carbons (Fsp3) is 0.778. The number of hydrogen-bond acceptors (Lipinski definition) is 1. The smallest absolute Gasteiger partial charge is 0.0702 e. The molecule has 1 heteroatoms. The number of hydrogen-bond donors (Lipinski definition) is 1. The summed E-state index contributed by atoms with van der Waals surface area (Å²) < 4.78 is 0. The average Bonchev–Trinajstić information content (AvgIpc) is 2.64. The monoisotopic (exact) mass is 138 g/mol. The molecule has 0 radical (unpaired) electrons. The molecular weight excluding hydrogens is 124 g/mol. The molecule has 0 aromatic rings. The summed E-state index contributed by atoms with van der Waals surface area (Å²) in [6.07, 6.45) is 2.78. The van der Waals surface area contributed by atoms with E-state index in [0.717, 1.165) is 0 Å². The molecule has 1 aliphatic rings. The Morgan fingerprint density at radius 1 is 1.60 bits per heavy atom. The van der Waals surface area contributed by atoms with Crippen molar-refractivity contribution < 1.29 is 5.11 Å². The number of rotatable bonds is 2. The van der Waals surface area contributed by atoms with E-state index < -0.39 is 0 Å².